The fraction of sp³-hybridized carbons (Fsp3) is 0.409. The third-order valence-corrected chi connectivity index (χ3v) is 4.32. The van der Waals surface area contributed by atoms with Crippen LogP contribution in [0, 0.1) is 0 Å². The lowest BCUT2D eigenvalue weighted by molar-refractivity contribution is 0.0523. The number of amides is 1. The van der Waals surface area contributed by atoms with Gasteiger partial charge in [-0.25, -0.2) is 4.79 Å². The molecule has 1 saturated heterocycles. The third-order valence-electron chi connectivity index (χ3n) is 4.32. The van der Waals surface area contributed by atoms with Crippen molar-refractivity contribution in [1.82, 2.24) is 5.32 Å². The van der Waals surface area contributed by atoms with Crippen LogP contribution in [0.1, 0.15) is 38.3 Å². The highest BCUT2D eigenvalue weighted by atomic mass is 16.6. The summed E-state index contributed by atoms with van der Waals surface area (Å²) in [5.41, 5.74) is 1.43. The molecule has 5 heteroatoms. The van der Waals surface area contributed by atoms with Crippen molar-refractivity contribution in [2.45, 2.75) is 45.0 Å². The van der Waals surface area contributed by atoms with Gasteiger partial charge in [0.15, 0.2) is 0 Å². The first kappa shape index (κ1) is 19.2. The molecule has 2 aromatic carbocycles. The van der Waals surface area contributed by atoms with Crippen molar-refractivity contribution in [1.29, 1.82) is 0 Å². The molecule has 1 aliphatic heterocycles. The Labute approximate surface area is 160 Å². The maximum Gasteiger partial charge on any atom is 0.407 e. The summed E-state index contributed by atoms with van der Waals surface area (Å²) in [5.74, 6) is 0.824. The molecule has 27 heavy (non-hydrogen) atoms. The van der Waals surface area contributed by atoms with E-state index >= 15 is 0 Å². The molecule has 5 nitrogen and oxygen atoms in total. The molecule has 1 fully saturated rings. The van der Waals surface area contributed by atoms with E-state index in [-0.39, 0.29) is 5.60 Å². The molecule has 2 aromatic rings. The number of benzene rings is 2. The smallest absolute Gasteiger partial charge is 0.407 e. The monoisotopic (exact) mass is 369 g/mol. The molecule has 0 aliphatic carbocycles. The van der Waals surface area contributed by atoms with Crippen LogP contribution in [-0.2, 0) is 21.7 Å². The van der Waals surface area contributed by atoms with Crippen LogP contribution >= 0.6 is 0 Å². The average Bonchev–Trinajstić information content (AvgIpc) is 3.41. The van der Waals surface area contributed by atoms with Crippen molar-refractivity contribution in [2.24, 2.45) is 0 Å². The first-order chi connectivity index (χ1) is 12.9. The lowest BCUT2D eigenvalue weighted by atomic mass is 9.96. The minimum absolute atomic E-state index is 0.313. The summed E-state index contributed by atoms with van der Waals surface area (Å²) in [6, 6.07) is 18.1. The zero-order valence-electron chi connectivity index (χ0n) is 16.2. The van der Waals surface area contributed by atoms with Gasteiger partial charge in [-0.05, 0) is 44.0 Å². The second-order valence-electron chi connectivity index (χ2n) is 7.76. The molecule has 1 atom stereocenters. The normalized spacial score (nSPS) is 18.6. The number of ether oxygens (including phenoxy) is 3. The van der Waals surface area contributed by atoms with Crippen LogP contribution < -0.4 is 10.1 Å². The molecule has 144 valence electrons. The van der Waals surface area contributed by atoms with Crippen LogP contribution in [-0.4, -0.2) is 24.8 Å². The Bertz CT molecular complexity index is 746. The number of nitrogens with one attached hydrogen (secondary N) is 1. The highest BCUT2D eigenvalue weighted by Gasteiger charge is 2.45. The molecular weight excluding hydrogens is 342 g/mol. The zero-order chi connectivity index (χ0) is 19.3. The van der Waals surface area contributed by atoms with Crippen LogP contribution in [0.5, 0.6) is 5.75 Å². The Morgan fingerprint density at radius 1 is 1.11 bits per heavy atom. The second-order valence-corrected chi connectivity index (χ2v) is 7.76. The quantitative estimate of drug-likeness (QED) is 0.735. The predicted octanol–water partition coefficient (Wildman–Crippen LogP) is 4.41. The van der Waals surface area contributed by atoms with Crippen LogP contribution in [0.4, 0.5) is 4.79 Å². The highest BCUT2D eigenvalue weighted by molar-refractivity contribution is 5.67. The molecule has 3 rings (SSSR count). The van der Waals surface area contributed by atoms with E-state index in [0.29, 0.717) is 26.2 Å². The summed E-state index contributed by atoms with van der Waals surface area (Å²) in [6.07, 6.45) is 0.305. The van der Waals surface area contributed by atoms with Gasteiger partial charge in [0.25, 0.3) is 0 Å². The van der Waals surface area contributed by atoms with E-state index < -0.39 is 11.7 Å². The van der Waals surface area contributed by atoms with Gasteiger partial charge in [-0.1, -0.05) is 42.5 Å². The van der Waals surface area contributed by atoms with E-state index in [1.165, 1.54) is 0 Å². The van der Waals surface area contributed by atoms with Crippen molar-refractivity contribution in [3.05, 3.63) is 65.7 Å². The highest BCUT2D eigenvalue weighted by Crippen LogP contribution is 2.42. The fourth-order valence-corrected chi connectivity index (χ4v) is 2.82. The van der Waals surface area contributed by atoms with Gasteiger partial charge in [0.1, 0.15) is 23.6 Å². The number of carbonyl (C=O) groups excluding carboxylic acids is 1. The fourth-order valence-electron chi connectivity index (χ4n) is 2.82. The largest absolute Gasteiger partial charge is 0.489 e. The zero-order valence-corrected chi connectivity index (χ0v) is 16.2. The molecular formula is C22H27NO4. The number of carbonyl (C=O) groups is 1. The average molecular weight is 369 g/mol. The lowest BCUT2D eigenvalue weighted by Crippen LogP contribution is -2.34. The van der Waals surface area contributed by atoms with E-state index in [1.807, 2.05) is 75.4 Å². The van der Waals surface area contributed by atoms with Gasteiger partial charge in [0, 0.05) is 13.0 Å². The van der Waals surface area contributed by atoms with Gasteiger partial charge in [0.2, 0.25) is 0 Å². The Morgan fingerprint density at radius 3 is 2.37 bits per heavy atom. The van der Waals surface area contributed by atoms with Gasteiger partial charge in [-0.2, -0.15) is 0 Å². The first-order valence-electron chi connectivity index (χ1n) is 9.24. The maximum atomic E-state index is 11.7. The SMILES string of the molecule is CC(C)(C)OC(=O)NCCC1(c2ccc(OCc3ccccc3)cc2)CO1. The summed E-state index contributed by atoms with van der Waals surface area (Å²) >= 11 is 0. The summed E-state index contributed by atoms with van der Waals surface area (Å²) in [7, 11) is 0. The summed E-state index contributed by atoms with van der Waals surface area (Å²) in [6.45, 7) is 7.24. The summed E-state index contributed by atoms with van der Waals surface area (Å²) in [5, 5.41) is 2.79. The molecule has 0 bridgehead atoms. The number of epoxide rings is 1. The molecule has 1 aliphatic rings. The maximum absolute atomic E-state index is 11.7. The van der Waals surface area contributed by atoms with Crippen LogP contribution in [0.15, 0.2) is 54.6 Å². The molecule has 1 amide bonds. The van der Waals surface area contributed by atoms with E-state index in [2.05, 4.69) is 5.32 Å². The minimum Gasteiger partial charge on any atom is -0.489 e. The van der Waals surface area contributed by atoms with Crippen molar-refractivity contribution in [3.63, 3.8) is 0 Å². The predicted molar refractivity (Wildman–Crippen MR) is 104 cm³/mol. The van der Waals surface area contributed by atoms with E-state index in [4.69, 9.17) is 14.2 Å². The molecule has 1 unspecified atom stereocenters. The van der Waals surface area contributed by atoms with Gasteiger partial charge in [-0.3, -0.25) is 0 Å². The Kier molecular flexibility index (Phi) is 5.71. The molecule has 1 heterocycles. The van der Waals surface area contributed by atoms with Gasteiger partial charge in [-0.15, -0.1) is 0 Å². The standard InChI is InChI=1S/C22H27NO4/c1-21(2,3)27-20(24)23-14-13-22(16-26-22)18-9-11-19(12-10-18)25-15-17-7-5-4-6-8-17/h4-12H,13-16H2,1-3H3,(H,23,24). The Morgan fingerprint density at radius 2 is 1.78 bits per heavy atom. The van der Waals surface area contributed by atoms with E-state index in [9.17, 15) is 4.79 Å². The Hall–Kier alpha value is -2.53. The van der Waals surface area contributed by atoms with Crippen LogP contribution in [0.2, 0.25) is 0 Å². The number of rotatable bonds is 7. The third kappa shape index (κ3) is 5.73. The number of hydrogen-bond acceptors (Lipinski definition) is 4. The van der Waals surface area contributed by atoms with Gasteiger partial charge >= 0.3 is 6.09 Å². The topological polar surface area (TPSA) is 60.1 Å². The van der Waals surface area contributed by atoms with Crippen molar-refractivity contribution >= 4 is 6.09 Å². The lowest BCUT2D eigenvalue weighted by Gasteiger charge is -2.20. The van der Waals surface area contributed by atoms with Gasteiger partial charge in [0.05, 0.1) is 6.61 Å². The minimum atomic E-state index is -0.493. The molecule has 0 saturated carbocycles. The summed E-state index contributed by atoms with van der Waals surface area (Å²) in [4.78, 5) is 11.7. The number of hydrogen-bond donors (Lipinski definition) is 1. The van der Waals surface area contributed by atoms with Crippen LogP contribution in [0.3, 0.4) is 0 Å². The summed E-state index contributed by atoms with van der Waals surface area (Å²) < 4.78 is 16.8. The second kappa shape index (κ2) is 8.01. The van der Waals surface area contributed by atoms with Crippen molar-refractivity contribution < 1.29 is 19.0 Å². The first-order valence-corrected chi connectivity index (χ1v) is 9.24. The Balaban J connectivity index is 1.48. The molecule has 0 spiro atoms. The molecule has 0 radical (unpaired) electrons. The van der Waals surface area contributed by atoms with Crippen molar-refractivity contribution in [3.8, 4) is 5.75 Å². The molecule has 1 N–H and O–H groups in total. The van der Waals surface area contributed by atoms with Crippen LogP contribution in [0.25, 0.3) is 0 Å². The van der Waals surface area contributed by atoms with E-state index in [1.54, 1.807) is 0 Å². The van der Waals surface area contributed by atoms with Crippen molar-refractivity contribution in [2.75, 3.05) is 13.2 Å². The van der Waals surface area contributed by atoms with Gasteiger partial charge < -0.3 is 19.5 Å². The number of alkyl carbamates (subject to hydrolysis) is 1. The molecule has 0 aromatic heterocycles. The van der Waals surface area contributed by atoms with E-state index in [0.717, 1.165) is 16.9 Å².